The Labute approximate surface area is 110 Å². The zero-order chi connectivity index (χ0) is 13.6. The molecule has 18 heavy (non-hydrogen) atoms. The highest BCUT2D eigenvalue weighted by Gasteiger charge is 2.06. The highest BCUT2D eigenvalue weighted by molar-refractivity contribution is 5.26. The molecular formula is C15H25FN2. The number of nitrogens with one attached hydrogen (secondary N) is 2. The summed E-state index contributed by atoms with van der Waals surface area (Å²) in [5, 5.41) is 6.82. The van der Waals surface area contributed by atoms with E-state index in [-0.39, 0.29) is 11.4 Å². The van der Waals surface area contributed by atoms with Gasteiger partial charge in [-0.05, 0) is 63.9 Å². The largest absolute Gasteiger partial charge is 0.315 e. The van der Waals surface area contributed by atoms with Crippen LogP contribution in [0.15, 0.2) is 18.2 Å². The molecule has 0 radical (unpaired) electrons. The predicted molar refractivity (Wildman–Crippen MR) is 75.5 cm³/mol. The first kappa shape index (κ1) is 15.1. The van der Waals surface area contributed by atoms with E-state index in [1.165, 1.54) is 11.6 Å². The van der Waals surface area contributed by atoms with Crippen LogP contribution in [-0.2, 0) is 6.42 Å². The van der Waals surface area contributed by atoms with E-state index in [9.17, 15) is 4.39 Å². The molecule has 0 fully saturated rings. The zero-order valence-corrected chi connectivity index (χ0v) is 11.9. The highest BCUT2D eigenvalue weighted by Crippen LogP contribution is 2.10. The van der Waals surface area contributed by atoms with Crippen LogP contribution in [0, 0.1) is 12.7 Å². The number of benzene rings is 1. The van der Waals surface area contributed by atoms with Crippen molar-refractivity contribution < 1.29 is 4.39 Å². The van der Waals surface area contributed by atoms with E-state index < -0.39 is 0 Å². The number of halogens is 1. The average molecular weight is 252 g/mol. The van der Waals surface area contributed by atoms with Crippen LogP contribution < -0.4 is 10.6 Å². The van der Waals surface area contributed by atoms with E-state index in [0.29, 0.717) is 0 Å². The van der Waals surface area contributed by atoms with E-state index in [1.54, 1.807) is 6.07 Å². The molecule has 1 aromatic rings. The Balaban J connectivity index is 2.18. The van der Waals surface area contributed by atoms with E-state index >= 15 is 0 Å². The molecule has 2 nitrogen and oxygen atoms in total. The lowest BCUT2D eigenvalue weighted by molar-refractivity contribution is 0.422. The molecule has 0 aliphatic rings. The summed E-state index contributed by atoms with van der Waals surface area (Å²) in [6, 6.07) is 5.00. The smallest absolute Gasteiger partial charge is 0.123 e. The van der Waals surface area contributed by atoms with Gasteiger partial charge >= 0.3 is 0 Å². The fourth-order valence-corrected chi connectivity index (χ4v) is 1.81. The van der Waals surface area contributed by atoms with Crippen molar-refractivity contribution in [2.45, 2.75) is 39.7 Å². The molecule has 0 unspecified atom stereocenters. The Morgan fingerprint density at radius 3 is 2.44 bits per heavy atom. The molecule has 0 aliphatic heterocycles. The molecule has 0 heterocycles. The second-order valence-electron chi connectivity index (χ2n) is 5.75. The second-order valence-corrected chi connectivity index (χ2v) is 5.75. The maximum atomic E-state index is 12.9. The summed E-state index contributed by atoms with van der Waals surface area (Å²) in [6.45, 7) is 11.3. The molecule has 0 amide bonds. The number of hydrogen-bond acceptors (Lipinski definition) is 2. The molecule has 1 aromatic carbocycles. The number of aryl methyl sites for hydroxylation is 1. The molecule has 0 saturated carbocycles. The topological polar surface area (TPSA) is 24.1 Å². The molecule has 0 saturated heterocycles. The quantitative estimate of drug-likeness (QED) is 0.761. The van der Waals surface area contributed by atoms with Gasteiger partial charge in [0.05, 0.1) is 0 Å². The monoisotopic (exact) mass is 252 g/mol. The van der Waals surface area contributed by atoms with Gasteiger partial charge in [0.15, 0.2) is 0 Å². The minimum absolute atomic E-state index is 0.154. The Kier molecular flexibility index (Phi) is 5.76. The Morgan fingerprint density at radius 2 is 1.83 bits per heavy atom. The number of rotatable bonds is 6. The van der Waals surface area contributed by atoms with Crippen molar-refractivity contribution >= 4 is 0 Å². The third-order valence-corrected chi connectivity index (χ3v) is 2.83. The standard InChI is InChI=1S/C15H25FN2/c1-12-11-14(16)6-5-13(12)7-8-17-9-10-18-15(2,3)4/h5-6,11,17-18H,7-10H2,1-4H3. The summed E-state index contributed by atoms with van der Waals surface area (Å²) in [5.74, 6) is -0.154. The third-order valence-electron chi connectivity index (χ3n) is 2.83. The van der Waals surface area contributed by atoms with Gasteiger partial charge in [-0.3, -0.25) is 0 Å². The number of hydrogen-bond donors (Lipinski definition) is 2. The summed E-state index contributed by atoms with van der Waals surface area (Å²) in [6.07, 6.45) is 0.946. The zero-order valence-electron chi connectivity index (χ0n) is 11.9. The minimum atomic E-state index is -0.154. The van der Waals surface area contributed by atoms with Gasteiger partial charge in [-0.15, -0.1) is 0 Å². The van der Waals surface area contributed by atoms with E-state index in [0.717, 1.165) is 31.6 Å². The molecule has 3 heteroatoms. The molecule has 0 bridgehead atoms. The van der Waals surface area contributed by atoms with Crippen LogP contribution in [0.4, 0.5) is 4.39 Å². The van der Waals surface area contributed by atoms with Crippen molar-refractivity contribution in [1.82, 2.24) is 10.6 Å². The Morgan fingerprint density at radius 1 is 1.11 bits per heavy atom. The first-order chi connectivity index (χ1) is 8.38. The molecule has 0 spiro atoms. The first-order valence-electron chi connectivity index (χ1n) is 6.59. The van der Waals surface area contributed by atoms with Crippen molar-refractivity contribution in [3.05, 3.63) is 35.1 Å². The molecule has 0 aromatic heterocycles. The lowest BCUT2D eigenvalue weighted by Crippen LogP contribution is -2.40. The van der Waals surface area contributed by atoms with Crippen LogP contribution >= 0.6 is 0 Å². The van der Waals surface area contributed by atoms with Crippen LogP contribution in [0.5, 0.6) is 0 Å². The van der Waals surface area contributed by atoms with E-state index in [1.807, 2.05) is 13.0 Å². The lowest BCUT2D eigenvalue weighted by atomic mass is 10.1. The maximum absolute atomic E-state index is 12.9. The highest BCUT2D eigenvalue weighted by atomic mass is 19.1. The predicted octanol–water partition coefficient (Wildman–Crippen LogP) is 2.65. The van der Waals surface area contributed by atoms with Gasteiger partial charge in [0.1, 0.15) is 5.82 Å². The molecule has 102 valence electrons. The molecule has 0 atom stereocenters. The fourth-order valence-electron chi connectivity index (χ4n) is 1.81. The van der Waals surface area contributed by atoms with Crippen LogP contribution in [0.3, 0.4) is 0 Å². The molecule has 1 rings (SSSR count). The normalized spacial score (nSPS) is 11.8. The van der Waals surface area contributed by atoms with Gasteiger partial charge in [0.2, 0.25) is 0 Å². The van der Waals surface area contributed by atoms with Crippen molar-refractivity contribution in [3.63, 3.8) is 0 Å². The Hall–Kier alpha value is -0.930. The third kappa shape index (κ3) is 6.12. The minimum Gasteiger partial charge on any atom is -0.315 e. The van der Waals surface area contributed by atoms with Gasteiger partial charge in [-0.1, -0.05) is 6.07 Å². The fraction of sp³-hybridized carbons (Fsp3) is 0.600. The SMILES string of the molecule is Cc1cc(F)ccc1CCNCCNC(C)(C)C. The Bertz CT molecular complexity index is 369. The molecule has 0 aliphatic carbocycles. The average Bonchev–Trinajstić information content (AvgIpc) is 2.24. The van der Waals surface area contributed by atoms with Gasteiger partial charge in [0.25, 0.3) is 0 Å². The van der Waals surface area contributed by atoms with Crippen molar-refractivity contribution in [3.8, 4) is 0 Å². The van der Waals surface area contributed by atoms with E-state index in [2.05, 4.69) is 31.4 Å². The van der Waals surface area contributed by atoms with Crippen LogP contribution in [0.25, 0.3) is 0 Å². The van der Waals surface area contributed by atoms with Gasteiger partial charge in [-0.25, -0.2) is 4.39 Å². The first-order valence-corrected chi connectivity index (χ1v) is 6.59. The lowest BCUT2D eigenvalue weighted by Gasteiger charge is -2.20. The van der Waals surface area contributed by atoms with Crippen LogP contribution in [0.2, 0.25) is 0 Å². The second kappa shape index (κ2) is 6.86. The molecule has 2 N–H and O–H groups in total. The van der Waals surface area contributed by atoms with Crippen molar-refractivity contribution in [1.29, 1.82) is 0 Å². The van der Waals surface area contributed by atoms with E-state index in [4.69, 9.17) is 0 Å². The van der Waals surface area contributed by atoms with Gasteiger partial charge < -0.3 is 10.6 Å². The van der Waals surface area contributed by atoms with Crippen molar-refractivity contribution in [2.24, 2.45) is 0 Å². The summed E-state index contributed by atoms with van der Waals surface area (Å²) in [5.41, 5.74) is 2.42. The van der Waals surface area contributed by atoms with Crippen LogP contribution in [-0.4, -0.2) is 25.2 Å². The summed E-state index contributed by atoms with van der Waals surface area (Å²) in [7, 11) is 0. The van der Waals surface area contributed by atoms with Crippen molar-refractivity contribution in [2.75, 3.05) is 19.6 Å². The van der Waals surface area contributed by atoms with Crippen LogP contribution in [0.1, 0.15) is 31.9 Å². The summed E-state index contributed by atoms with van der Waals surface area (Å²) >= 11 is 0. The molecular weight excluding hydrogens is 227 g/mol. The van der Waals surface area contributed by atoms with Gasteiger partial charge in [0, 0.05) is 18.6 Å². The maximum Gasteiger partial charge on any atom is 0.123 e. The summed E-state index contributed by atoms with van der Waals surface area (Å²) in [4.78, 5) is 0. The van der Waals surface area contributed by atoms with Gasteiger partial charge in [-0.2, -0.15) is 0 Å². The summed E-state index contributed by atoms with van der Waals surface area (Å²) < 4.78 is 12.9.